The summed E-state index contributed by atoms with van der Waals surface area (Å²) in [7, 11) is 3.21. The maximum Gasteiger partial charge on any atom is 0.240 e. The average Bonchev–Trinajstić information content (AvgIpc) is 2.13. The van der Waals surface area contributed by atoms with Crippen LogP contribution in [0.2, 0.25) is 0 Å². The van der Waals surface area contributed by atoms with Crippen molar-refractivity contribution >= 4 is 5.91 Å². The van der Waals surface area contributed by atoms with Gasteiger partial charge in [-0.15, -0.1) is 6.42 Å². The molecule has 4 heteroatoms. The van der Waals surface area contributed by atoms with E-state index in [4.69, 9.17) is 16.9 Å². The monoisotopic (exact) mass is 184 g/mol. The third-order valence-electron chi connectivity index (χ3n) is 1.65. The second-order valence-corrected chi connectivity index (χ2v) is 2.79. The highest BCUT2D eigenvalue weighted by atomic mass is 16.5. The number of nitrogens with two attached hydrogens (primary N) is 1. The Labute approximate surface area is 79.0 Å². The molecule has 0 aromatic heterocycles. The Hall–Kier alpha value is -1.05. The fraction of sp³-hybridized carbons (Fsp3) is 0.667. The van der Waals surface area contributed by atoms with E-state index >= 15 is 0 Å². The molecule has 0 aliphatic heterocycles. The summed E-state index contributed by atoms with van der Waals surface area (Å²) in [6.45, 7) is 0.774. The molecular weight excluding hydrogens is 168 g/mol. The van der Waals surface area contributed by atoms with E-state index in [0.29, 0.717) is 19.6 Å². The summed E-state index contributed by atoms with van der Waals surface area (Å²) in [5.41, 5.74) is 5.59. The molecule has 0 fully saturated rings. The van der Waals surface area contributed by atoms with Crippen molar-refractivity contribution < 1.29 is 9.53 Å². The van der Waals surface area contributed by atoms with E-state index in [-0.39, 0.29) is 5.91 Å². The maximum atomic E-state index is 11.4. The van der Waals surface area contributed by atoms with Crippen molar-refractivity contribution in [1.29, 1.82) is 0 Å². The smallest absolute Gasteiger partial charge is 0.240 e. The first-order chi connectivity index (χ1) is 6.13. The van der Waals surface area contributed by atoms with Gasteiger partial charge in [0.2, 0.25) is 5.91 Å². The number of carbonyl (C=O) groups is 1. The van der Waals surface area contributed by atoms with Crippen molar-refractivity contribution in [3.8, 4) is 12.3 Å². The zero-order valence-corrected chi connectivity index (χ0v) is 8.12. The van der Waals surface area contributed by atoms with E-state index in [1.807, 2.05) is 0 Å². The number of likely N-dealkylation sites (N-methyl/N-ethyl adjacent to an activating group) is 1. The minimum absolute atomic E-state index is 0.144. The predicted molar refractivity (Wildman–Crippen MR) is 50.9 cm³/mol. The topological polar surface area (TPSA) is 55.6 Å². The summed E-state index contributed by atoms with van der Waals surface area (Å²) < 4.78 is 4.81. The van der Waals surface area contributed by atoms with Gasteiger partial charge in [0.1, 0.15) is 0 Å². The van der Waals surface area contributed by atoms with E-state index < -0.39 is 6.04 Å². The molecule has 0 radical (unpaired) electrons. The van der Waals surface area contributed by atoms with Crippen LogP contribution in [0.4, 0.5) is 0 Å². The van der Waals surface area contributed by atoms with Gasteiger partial charge in [0.15, 0.2) is 0 Å². The number of ether oxygens (including phenoxy) is 1. The Bertz CT molecular complexity index is 198. The molecule has 0 saturated heterocycles. The quantitative estimate of drug-likeness (QED) is 0.583. The lowest BCUT2D eigenvalue weighted by molar-refractivity contribution is -0.131. The highest BCUT2D eigenvalue weighted by Gasteiger charge is 2.16. The molecule has 0 spiro atoms. The van der Waals surface area contributed by atoms with Crippen LogP contribution in [-0.2, 0) is 9.53 Å². The summed E-state index contributed by atoms with van der Waals surface area (Å²) in [5, 5.41) is 0. The number of amides is 1. The van der Waals surface area contributed by atoms with Crippen molar-refractivity contribution in [3.63, 3.8) is 0 Å². The lowest BCUT2D eigenvalue weighted by atomic mass is 10.2. The van der Waals surface area contributed by atoms with Gasteiger partial charge in [-0.05, 0) is 6.42 Å². The van der Waals surface area contributed by atoms with Crippen LogP contribution >= 0.6 is 0 Å². The van der Waals surface area contributed by atoms with Gasteiger partial charge >= 0.3 is 0 Å². The molecule has 0 saturated carbocycles. The molecule has 0 aliphatic carbocycles. The molecule has 0 aromatic carbocycles. The van der Waals surface area contributed by atoms with E-state index in [1.54, 1.807) is 14.2 Å². The van der Waals surface area contributed by atoms with Crippen LogP contribution in [0.5, 0.6) is 0 Å². The molecule has 74 valence electrons. The number of hydrogen-bond donors (Lipinski definition) is 1. The fourth-order valence-electron chi connectivity index (χ4n) is 0.866. The van der Waals surface area contributed by atoms with E-state index in [2.05, 4.69) is 5.92 Å². The van der Waals surface area contributed by atoms with Gasteiger partial charge in [-0.2, -0.15) is 0 Å². The van der Waals surface area contributed by atoms with Crippen LogP contribution in [0.3, 0.4) is 0 Å². The number of nitrogens with zero attached hydrogens (tertiary/aromatic N) is 1. The van der Waals surface area contributed by atoms with Crippen LogP contribution in [0, 0.1) is 12.3 Å². The van der Waals surface area contributed by atoms with Gasteiger partial charge in [0, 0.05) is 20.8 Å². The standard InChI is InChI=1S/C9H16N2O2/c1-4-6-11(2)9(12)8(10)5-7-13-3/h1,8H,5-7,10H2,2-3H3. The molecule has 1 amide bonds. The molecule has 1 atom stereocenters. The normalized spacial score (nSPS) is 11.8. The van der Waals surface area contributed by atoms with Crippen LogP contribution in [0.25, 0.3) is 0 Å². The third kappa shape index (κ3) is 4.51. The highest BCUT2D eigenvalue weighted by Crippen LogP contribution is 1.94. The van der Waals surface area contributed by atoms with Gasteiger partial charge in [-0.1, -0.05) is 5.92 Å². The SMILES string of the molecule is C#CCN(C)C(=O)C(N)CCOC. The minimum Gasteiger partial charge on any atom is -0.385 e. The Morgan fingerprint density at radius 1 is 1.77 bits per heavy atom. The van der Waals surface area contributed by atoms with Crippen LogP contribution < -0.4 is 5.73 Å². The fourth-order valence-corrected chi connectivity index (χ4v) is 0.866. The number of terminal acetylenes is 1. The van der Waals surface area contributed by atoms with Gasteiger partial charge < -0.3 is 15.4 Å². The Morgan fingerprint density at radius 2 is 2.38 bits per heavy atom. The molecule has 0 aliphatic rings. The van der Waals surface area contributed by atoms with Crippen LogP contribution in [0.1, 0.15) is 6.42 Å². The van der Waals surface area contributed by atoms with Crippen molar-refractivity contribution in [2.24, 2.45) is 5.73 Å². The van der Waals surface area contributed by atoms with Crippen LogP contribution in [-0.4, -0.2) is 44.2 Å². The van der Waals surface area contributed by atoms with Gasteiger partial charge in [-0.3, -0.25) is 4.79 Å². The maximum absolute atomic E-state index is 11.4. The van der Waals surface area contributed by atoms with Gasteiger partial charge in [-0.25, -0.2) is 0 Å². The van der Waals surface area contributed by atoms with Crippen molar-refractivity contribution in [2.45, 2.75) is 12.5 Å². The second kappa shape index (κ2) is 6.46. The molecule has 4 nitrogen and oxygen atoms in total. The van der Waals surface area contributed by atoms with Gasteiger partial charge in [0.05, 0.1) is 12.6 Å². The first kappa shape index (κ1) is 11.9. The van der Waals surface area contributed by atoms with Crippen molar-refractivity contribution in [1.82, 2.24) is 4.90 Å². The van der Waals surface area contributed by atoms with Crippen LogP contribution in [0.15, 0.2) is 0 Å². The first-order valence-corrected chi connectivity index (χ1v) is 4.06. The summed E-state index contributed by atoms with van der Waals surface area (Å²) in [6, 6.07) is -0.515. The summed E-state index contributed by atoms with van der Waals surface area (Å²) >= 11 is 0. The number of rotatable bonds is 5. The summed E-state index contributed by atoms with van der Waals surface area (Å²) in [5.74, 6) is 2.23. The first-order valence-electron chi connectivity index (χ1n) is 4.06. The van der Waals surface area contributed by atoms with Crippen molar-refractivity contribution in [2.75, 3.05) is 27.3 Å². The minimum atomic E-state index is -0.515. The zero-order valence-electron chi connectivity index (χ0n) is 8.12. The predicted octanol–water partition coefficient (Wildman–Crippen LogP) is -0.558. The molecule has 0 heterocycles. The molecule has 13 heavy (non-hydrogen) atoms. The number of hydrogen-bond acceptors (Lipinski definition) is 3. The Balaban J connectivity index is 3.88. The zero-order chi connectivity index (χ0) is 10.3. The summed E-state index contributed by atoms with van der Waals surface area (Å²) in [4.78, 5) is 12.8. The lowest BCUT2D eigenvalue weighted by Gasteiger charge is -2.18. The largest absolute Gasteiger partial charge is 0.385 e. The van der Waals surface area contributed by atoms with Gasteiger partial charge in [0.25, 0.3) is 0 Å². The molecule has 2 N–H and O–H groups in total. The Morgan fingerprint density at radius 3 is 2.85 bits per heavy atom. The van der Waals surface area contributed by atoms with Crippen molar-refractivity contribution in [3.05, 3.63) is 0 Å². The average molecular weight is 184 g/mol. The van der Waals surface area contributed by atoms with E-state index in [9.17, 15) is 4.79 Å². The summed E-state index contributed by atoms with van der Waals surface area (Å²) in [6.07, 6.45) is 5.58. The van der Waals surface area contributed by atoms with E-state index in [0.717, 1.165) is 0 Å². The molecule has 1 unspecified atom stereocenters. The second-order valence-electron chi connectivity index (χ2n) is 2.79. The molecular formula is C9H16N2O2. The lowest BCUT2D eigenvalue weighted by Crippen LogP contribution is -2.42. The molecule has 0 aromatic rings. The molecule has 0 rings (SSSR count). The van der Waals surface area contributed by atoms with E-state index in [1.165, 1.54) is 4.90 Å². The molecule has 0 bridgehead atoms. The third-order valence-corrected chi connectivity index (χ3v) is 1.65. The Kier molecular flexibility index (Phi) is 5.94. The number of carbonyl (C=O) groups excluding carboxylic acids is 1. The number of methoxy groups -OCH3 is 1. The highest BCUT2D eigenvalue weighted by molar-refractivity contribution is 5.81.